The monoisotopic (exact) mass is 211 g/mol. The molecule has 1 N–H and O–H groups in total. The molecule has 0 radical (unpaired) electrons. The first-order valence-electron chi connectivity index (χ1n) is 4.18. The largest absolute Gasteiger partial charge is 0.476 e. The van der Waals surface area contributed by atoms with Gasteiger partial charge in [-0.25, -0.2) is 9.18 Å². The average Bonchev–Trinajstić information content (AvgIpc) is 2.15. The second kappa shape index (κ2) is 4.54. The van der Waals surface area contributed by atoms with Gasteiger partial charge in [-0.2, -0.15) is 0 Å². The third-order valence-electron chi connectivity index (χ3n) is 1.84. The fourth-order valence-electron chi connectivity index (χ4n) is 1.21. The molecule has 15 heavy (non-hydrogen) atoms. The summed E-state index contributed by atoms with van der Waals surface area (Å²) in [6.07, 6.45) is 0. The van der Waals surface area contributed by atoms with E-state index in [1.807, 2.05) is 0 Å². The Labute approximate surface area is 86.0 Å². The molecule has 0 bridgehead atoms. The third kappa shape index (κ3) is 2.31. The number of nitrogens with zero attached hydrogens (tertiary/aromatic N) is 1. The molecule has 0 fully saturated rings. The molecule has 0 saturated heterocycles. The Hall–Kier alpha value is -1.91. The van der Waals surface area contributed by atoms with E-state index >= 15 is 0 Å². The number of benzene rings is 1. The van der Waals surface area contributed by atoms with E-state index < -0.39 is 17.5 Å². The smallest absolute Gasteiger partial charge is 0.358 e. The molecule has 0 aliphatic heterocycles. The molecule has 0 spiro atoms. The van der Waals surface area contributed by atoms with Crippen LogP contribution in [0.25, 0.3) is 0 Å². The van der Waals surface area contributed by atoms with Gasteiger partial charge in [0.25, 0.3) is 0 Å². The fourth-order valence-corrected chi connectivity index (χ4v) is 1.21. The van der Waals surface area contributed by atoms with Gasteiger partial charge in [-0.15, -0.1) is 0 Å². The van der Waals surface area contributed by atoms with Crippen LogP contribution in [0.2, 0.25) is 0 Å². The van der Waals surface area contributed by atoms with Gasteiger partial charge in [0.05, 0.1) is 0 Å². The molecule has 0 aliphatic rings. The lowest BCUT2D eigenvalue weighted by atomic mass is 10.0. The molecule has 0 amide bonds. The number of aliphatic carboxylic acids is 1. The Morgan fingerprint density at radius 3 is 2.67 bits per heavy atom. The number of carboxylic acid groups (broad SMARTS) is 1. The van der Waals surface area contributed by atoms with Crippen LogP contribution in [-0.2, 0) is 9.63 Å². The highest BCUT2D eigenvalue weighted by Crippen LogP contribution is 2.14. The minimum Gasteiger partial charge on any atom is -0.476 e. The maximum Gasteiger partial charge on any atom is 0.358 e. The number of hydrogen-bond donors (Lipinski definition) is 1. The predicted molar refractivity (Wildman–Crippen MR) is 52.3 cm³/mol. The van der Waals surface area contributed by atoms with E-state index in [2.05, 4.69) is 9.99 Å². The van der Waals surface area contributed by atoms with Crippen molar-refractivity contribution in [1.29, 1.82) is 0 Å². The van der Waals surface area contributed by atoms with Crippen LogP contribution in [0, 0.1) is 12.7 Å². The van der Waals surface area contributed by atoms with Crippen molar-refractivity contribution in [2.45, 2.75) is 6.92 Å². The van der Waals surface area contributed by atoms with Crippen molar-refractivity contribution in [3.63, 3.8) is 0 Å². The third-order valence-corrected chi connectivity index (χ3v) is 1.84. The van der Waals surface area contributed by atoms with Crippen LogP contribution in [-0.4, -0.2) is 23.9 Å². The maximum atomic E-state index is 13.4. The molecular weight excluding hydrogens is 201 g/mol. The molecule has 1 aromatic rings. The maximum absolute atomic E-state index is 13.4. The molecule has 4 nitrogen and oxygen atoms in total. The lowest BCUT2D eigenvalue weighted by Crippen LogP contribution is -2.17. The molecule has 0 aliphatic carbocycles. The van der Waals surface area contributed by atoms with E-state index in [-0.39, 0.29) is 5.56 Å². The van der Waals surface area contributed by atoms with E-state index in [9.17, 15) is 9.18 Å². The molecule has 1 aromatic carbocycles. The number of rotatable bonds is 3. The van der Waals surface area contributed by atoms with Gasteiger partial charge in [0, 0.05) is 5.56 Å². The van der Waals surface area contributed by atoms with Gasteiger partial charge >= 0.3 is 5.97 Å². The molecule has 1 rings (SSSR count). The van der Waals surface area contributed by atoms with Crippen molar-refractivity contribution in [3.8, 4) is 0 Å². The van der Waals surface area contributed by atoms with Gasteiger partial charge in [-0.05, 0) is 18.6 Å². The molecule has 0 heterocycles. The standard InChI is InChI=1S/C10H10FNO3/c1-6-4-3-5-7(11)8(6)9(10(13)14)12-15-2/h3-5H,1-2H3,(H,13,14). The van der Waals surface area contributed by atoms with Crippen molar-refractivity contribution >= 4 is 11.7 Å². The van der Waals surface area contributed by atoms with Crippen molar-refractivity contribution in [3.05, 3.63) is 35.1 Å². The highest BCUT2D eigenvalue weighted by atomic mass is 19.1. The molecule has 0 saturated carbocycles. The van der Waals surface area contributed by atoms with Crippen LogP contribution in [0.3, 0.4) is 0 Å². The number of carbonyl (C=O) groups is 1. The fraction of sp³-hybridized carbons (Fsp3) is 0.200. The number of aryl methyl sites for hydroxylation is 1. The Kier molecular flexibility index (Phi) is 3.38. The SMILES string of the molecule is CON=C(C(=O)O)c1c(C)cccc1F. The van der Waals surface area contributed by atoms with E-state index in [0.29, 0.717) is 5.56 Å². The zero-order valence-corrected chi connectivity index (χ0v) is 8.32. The minimum atomic E-state index is -1.33. The van der Waals surface area contributed by atoms with Gasteiger partial charge in [0.1, 0.15) is 12.9 Å². The second-order valence-electron chi connectivity index (χ2n) is 2.86. The van der Waals surface area contributed by atoms with Crippen molar-refractivity contribution < 1.29 is 19.1 Å². The van der Waals surface area contributed by atoms with Crippen LogP contribution in [0.1, 0.15) is 11.1 Å². The molecule has 0 atom stereocenters. The summed E-state index contributed by atoms with van der Waals surface area (Å²) in [5.74, 6) is -1.96. The zero-order chi connectivity index (χ0) is 11.4. The second-order valence-corrected chi connectivity index (χ2v) is 2.86. The van der Waals surface area contributed by atoms with Crippen LogP contribution in [0.4, 0.5) is 4.39 Å². The Balaban J connectivity index is 3.35. The summed E-state index contributed by atoms with van der Waals surface area (Å²) in [4.78, 5) is 15.2. The van der Waals surface area contributed by atoms with Gasteiger partial charge in [-0.3, -0.25) is 0 Å². The number of halogens is 1. The molecule has 5 heteroatoms. The lowest BCUT2D eigenvalue weighted by molar-refractivity contribution is -0.129. The summed E-state index contributed by atoms with van der Waals surface area (Å²) in [6.45, 7) is 1.60. The van der Waals surface area contributed by atoms with Gasteiger partial charge < -0.3 is 9.94 Å². The number of carboxylic acids is 1. The van der Waals surface area contributed by atoms with Gasteiger partial charge in [0.15, 0.2) is 5.71 Å². The van der Waals surface area contributed by atoms with Crippen molar-refractivity contribution in [2.24, 2.45) is 5.16 Å². The minimum absolute atomic E-state index is 0.0492. The quantitative estimate of drug-likeness (QED) is 0.609. The van der Waals surface area contributed by atoms with Gasteiger partial charge in [0.2, 0.25) is 0 Å². The highest BCUT2D eigenvalue weighted by molar-refractivity contribution is 6.42. The Morgan fingerprint density at radius 2 is 2.20 bits per heavy atom. The first-order chi connectivity index (χ1) is 7.07. The average molecular weight is 211 g/mol. The number of oxime groups is 1. The summed E-state index contributed by atoms with van der Waals surface area (Å²) in [6, 6.07) is 4.28. The van der Waals surface area contributed by atoms with Crippen LogP contribution in [0.15, 0.2) is 23.4 Å². The first kappa shape index (κ1) is 11.2. The topological polar surface area (TPSA) is 58.9 Å². The van der Waals surface area contributed by atoms with E-state index in [1.54, 1.807) is 13.0 Å². The Bertz CT molecular complexity index is 395. The van der Waals surface area contributed by atoms with E-state index in [0.717, 1.165) is 0 Å². The summed E-state index contributed by atoms with van der Waals surface area (Å²) >= 11 is 0. The summed E-state index contributed by atoms with van der Waals surface area (Å²) in [5.41, 5.74) is 0.00755. The van der Waals surface area contributed by atoms with Crippen LogP contribution >= 0.6 is 0 Å². The highest BCUT2D eigenvalue weighted by Gasteiger charge is 2.19. The molecule has 0 aromatic heterocycles. The molecule has 80 valence electrons. The summed E-state index contributed by atoms with van der Waals surface area (Å²) in [7, 11) is 1.21. The molecule has 0 unspecified atom stereocenters. The predicted octanol–water partition coefficient (Wildman–Crippen LogP) is 1.57. The zero-order valence-electron chi connectivity index (χ0n) is 8.32. The molecular formula is C10H10FNO3. The van der Waals surface area contributed by atoms with E-state index in [1.165, 1.54) is 19.2 Å². The normalized spacial score (nSPS) is 11.3. The van der Waals surface area contributed by atoms with Gasteiger partial charge in [-0.1, -0.05) is 17.3 Å². The first-order valence-corrected chi connectivity index (χ1v) is 4.18. The summed E-state index contributed by atoms with van der Waals surface area (Å²) < 4.78 is 13.4. The van der Waals surface area contributed by atoms with Crippen molar-refractivity contribution in [1.82, 2.24) is 0 Å². The van der Waals surface area contributed by atoms with E-state index in [4.69, 9.17) is 5.11 Å². The van der Waals surface area contributed by atoms with Crippen molar-refractivity contribution in [2.75, 3.05) is 7.11 Å². The Morgan fingerprint density at radius 1 is 1.53 bits per heavy atom. The lowest BCUT2D eigenvalue weighted by Gasteiger charge is -2.05. The summed E-state index contributed by atoms with van der Waals surface area (Å²) in [5, 5.41) is 12.1. The number of hydrogen-bond acceptors (Lipinski definition) is 3. The van der Waals surface area contributed by atoms with Crippen LogP contribution in [0.5, 0.6) is 0 Å². The van der Waals surface area contributed by atoms with Crippen LogP contribution < -0.4 is 0 Å².